The lowest BCUT2D eigenvalue weighted by molar-refractivity contribution is -0.133. The van der Waals surface area contributed by atoms with E-state index in [0.29, 0.717) is 44.3 Å². The third-order valence-electron chi connectivity index (χ3n) is 7.05. The Bertz CT molecular complexity index is 842. The van der Waals surface area contributed by atoms with Gasteiger partial charge < -0.3 is 20.4 Å². The van der Waals surface area contributed by atoms with Crippen molar-refractivity contribution in [2.75, 3.05) is 13.1 Å². The van der Waals surface area contributed by atoms with E-state index in [9.17, 15) is 18.8 Å². The number of rotatable bonds is 3. The van der Waals surface area contributed by atoms with Crippen LogP contribution in [0.3, 0.4) is 0 Å². The molecular formula is C21H25FN4O3. The van der Waals surface area contributed by atoms with Crippen molar-refractivity contribution in [3.63, 3.8) is 0 Å². The average Bonchev–Trinajstić information content (AvgIpc) is 3.46. The minimum Gasteiger partial charge on any atom is -0.344 e. The summed E-state index contributed by atoms with van der Waals surface area (Å²) in [5.74, 6) is 0.260. The molecular weight excluding hydrogens is 375 g/mol. The van der Waals surface area contributed by atoms with E-state index in [4.69, 9.17) is 0 Å². The Hall–Kier alpha value is -2.64. The van der Waals surface area contributed by atoms with Gasteiger partial charge >= 0.3 is 6.03 Å². The highest BCUT2D eigenvalue weighted by atomic mass is 19.1. The molecule has 4 heterocycles. The average molecular weight is 400 g/mol. The van der Waals surface area contributed by atoms with Gasteiger partial charge in [-0.2, -0.15) is 0 Å². The van der Waals surface area contributed by atoms with E-state index in [0.717, 1.165) is 18.4 Å². The zero-order valence-electron chi connectivity index (χ0n) is 16.1. The molecule has 7 nitrogen and oxygen atoms in total. The van der Waals surface area contributed by atoms with Crippen LogP contribution >= 0.6 is 0 Å². The molecule has 0 unspecified atom stereocenters. The van der Waals surface area contributed by atoms with Gasteiger partial charge in [0, 0.05) is 50.0 Å². The van der Waals surface area contributed by atoms with E-state index in [-0.39, 0.29) is 41.8 Å². The first-order chi connectivity index (χ1) is 14.0. The summed E-state index contributed by atoms with van der Waals surface area (Å²) in [6, 6.07) is 6.06. The number of urea groups is 1. The summed E-state index contributed by atoms with van der Waals surface area (Å²) in [5.41, 5.74) is 0.737. The van der Waals surface area contributed by atoms with Gasteiger partial charge in [-0.25, -0.2) is 9.18 Å². The zero-order chi connectivity index (χ0) is 20.1. The second kappa shape index (κ2) is 7.00. The van der Waals surface area contributed by atoms with Gasteiger partial charge in [-0.15, -0.1) is 0 Å². The molecule has 0 saturated carbocycles. The number of hydrogen-bond donors (Lipinski definition) is 2. The van der Waals surface area contributed by atoms with Crippen LogP contribution in [-0.2, 0) is 16.1 Å². The van der Waals surface area contributed by atoms with E-state index >= 15 is 0 Å². The van der Waals surface area contributed by atoms with Gasteiger partial charge in [0.15, 0.2) is 0 Å². The van der Waals surface area contributed by atoms with Crippen molar-refractivity contribution >= 4 is 17.8 Å². The molecule has 0 aromatic heterocycles. The van der Waals surface area contributed by atoms with Gasteiger partial charge in [0.25, 0.3) is 0 Å². The van der Waals surface area contributed by atoms with Gasteiger partial charge in [-0.1, -0.05) is 12.1 Å². The molecule has 4 saturated heterocycles. The molecule has 154 valence electrons. The molecule has 0 radical (unpaired) electrons. The first kappa shape index (κ1) is 18.4. The topological polar surface area (TPSA) is 81.8 Å². The fraction of sp³-hybridized carbons (Fsp3) is 0.571. The van der Waals surface area contributed by atoms with Gasteiger partial charge in [-0.3, -0.25) is 9.59 Å². The summed E-state index contributed by atoms with van der Waals surface area (Å²) in [7, 11) is 0. The number of nitrogens with zero attached hydrogens (tertiary/aromatic N) is 2. The second-order valence-corrected chi connectivity index (χ2v) is 8.64. The molecule has 8 heteroatoms. The molecule has 29 heavy (non-hydrogen) atoms. The largest absolute Gasteiger partial charge is 0.344 e. The Morgan fingerprint density at radius 2 is 1.86 bits per heavy atom. The molecule has 4 aliphatic rings. The number of nitrogens with one attached hydrogen (secondary N) is 2. The minimum absolute atomic E-state index is 0.0201. The fourth-order valence-electron chi connectivity index (χ4n) is 5.79. The van der Waals surface area contributed by atoms with Crippen molar-refractivity contribution in [3.05, 3.63) is 35.6 Å². The Labute approximate surface area is 168 Å². The number of hydrogen-bond acceptors (Lipinski definition) is 3. The normalized spacial score (nSPS) is 32.4. The fourth-order valence-corrected chi connectivity index (χ4v) is 5.79. The lowest BCUT2D eigenvalue weighted by Crippen LogP contribution is -2.48. The molecule has 4 aliphatic heterocycles. The van der Waals surface area contributed by atoms with Crippen LogP contribution in [0.25, 0.3) is 0 Å². The highest BCUT2D eigenvalue weighted by molar-refractivity contribution is 5.91. The van der Waals surface area contributed by atoms with Crippen LogP contribution < -0.4 is 10.6 Å². The predicted molar refractivity (Wildman–Crippen MR) is 102 cm³/mol. The van der Waals surface area contributed by atoms with E-state index in [1.807, 2.05) is 9.80 Å². The number of carbonyl (C=O) groups is 3. The molecule has 5 rings (SSSR count). The van der Waals surface area contributed by atoms with Gasteiger partial charge in [0.05, 0.1) is 0 Å². The van der Waals surface area contributed by atoms with Crippen LogP contribution in [0.1, 0.15) is 31.2 Å². The minimum atomic E-state index is -0.385. The highest BCUT2D eigenvalue weighted by Gasteiger charge is 2.58. The van der Waals surface area contributed by atoms with Crippen molar-refractivity contribution in [3.8, 4) is 0 Å². The van der Waals surface area contributed by atoms with Crippen molar-refractivity contribution in [1.29, 1.82) is 0 Å². The number of likely N-dealkylation sites (tertiary alicyclic amines) is 1. The summed E-state index contributed by atoms with van der Waals surface area (Å²) in [6.45, 7) is 1.61. The van der Waals surface area contributed by atoms with Crippen LogP contribution in [0.5, 0.6) is 0 Å². The molecule has 0 aliphatic carbocycles. The van der Waals surface area contributed by atoms with Gasteiger partial charge in [0.1, 0.15) is 11.9 Å². The van der Waals surface area contributed by atoms with Crippen molar-refractivity contribution < 1.29 is 18.8 Å². The van der Waals surface area contributed by atoms with Crippen molar-refractivity contribution in [2.45, 2.75) is 50.4 Å². The van der Waals surface area contributed by atoms with Crippen LogP contribution in [0.4, 0.5) is 9.18 Å². The molecule has 1 aromatic rings. The maximum atomic E-state index is 13.3. The molecule has 4 amide bonds. The Kier molecular flexibility index (Phi) is 4.44. The molecule has 1 aromatic carbocycles. The van der Waals surface area contributed by atoms with E-state index in [2.05, 4.69) is 10.6 Å². The lowest BCUT2D eigenvalue weighted by atomic mass is 9.82. The van der Waals surface area contributed by atoms with E-state index < -0.39 is 0 Å². The molecule has 0 spiro atoms. The maximum absolute atomic E-state index is 13.3. The quantitative estimate of drug-likeness (QED) is 0.801. The summed E-state index contributed by atoms with van der Waals surface area (Å²) < 4.78 is 13.3. The smallest absolute Gasteiger partial charge is 0.318 e. The standard InChI is InChI=1S/C21H25FN4O3/c22-13-3-1-2-12(8-13)9-23-21(29)26-17-5-6-18(26)15-11-25(10-14(15)17)20(28)16-4-7-19(27)24-16/h1-3,8,14-18H,4-7,9-11H2,(H,23,29)(H,24,27)/t14-,15+,16-,17-,18+/m1/s1. The van der Waals surface area contributed by atoms with E-state index in [1.165, 1.54) is 12.1 Å². The number of amides is 4. The molecule has 5 atom stereocenters. The summed E-state index contributed by atoms with van der Waals surface area (Å²) >= 11 is 0. The second-order valence-electron chi connectivity index (χ2n) is 8.64. The molecule has 2 bridgehead atoms. The van der Waals surface area contributed by atoms with Crippen LogP contribution in [0.2, 0.25) is 0 Å². The number of fused-ring (bicyclic) bond motifs is 5. The third-order valence-corrected chi connectivity index (χ3v) is 7.05. The number of halogens is 1. The summed E-state index contributed by atoms with van der Waals surface area (Å²) in [5, 5.41) is 5.70. The summed E-state index contributed by atoms with van der Waals surface area (Å²) in [4.78, 5) is 40.9. The summed E-state index contributed by atoms with van der Waals surface area (Å²) in [6.07, 6.45) is 2.91. The molecule has 4 fully saturated rings. The Morgan fingerprint density at radius 3 is 2.48 bits per heavy atom. The number of carbonyl (C=O) groups excluding carboxylic acids is 3. The van der Waals surface area contributed by atoms with Crippen LogP contribution in [-0.4, -0.2) is 58.9 Å². The number of benzene rings is 1. The third kappa shape index (κ3) is 3.14. The SMILES string of the molecule is O=C1CC[C@H](C(=O)N2C[C@@H]3[C@H](C2)[C@@H]2CC[C@H]3N2C(=O)NCc2cccc(F)c2)N1. The maximum Gasteiger partial charge on any atom is 0.318 e. The van der Waals surface area contributed by atoms with Crippen molar-refractivity contribution in [1.82, 2.24) is 20.4 Å². The van der Waals surface area contributed by atoms with Crippen molar-refractivity contribution in [2.24, 2.45) is 11.8 Å². The Balaban J connectivity index is 1.21. The first-order valence-electron chi connectivity index (χ1n) is 10.4. The monoisotopic (exact) mass is 400 g/mol. The molecule has 2 N–H and O–H groups in total. The Morgan fingerprint density at radius 1 is 1.14 bits per heavy atom. The van der Waals surface area contributed by atoms with Gasteiger partial charge in [0.2, 0.25) is 11.8 Å². The van der Waals surface area contributed by atoms with E-state index in [1.54, 1.807) is 12.1 Å². The first-order valence-corrected chi connectivity index (χ1v) is 10.4. The highest BCUT2D eigenvalue weighted by Crippen LogP contribution is 2.49. The lowest BCUT2D eigenvalue weighted by Gasteiger charge is -2.28. The zero-order valence-corrected chi connectivity index (χ0v) is 16.1. The predicted octanol–water partition coefficient (Wildman–Crippen LogP) is 1.24. The van der Waals surface area contributed by atoms with Crippen LogP contribution in [0.15, 0.2) is 24.3 Å². The van der Waals surface area contributed by atoms with Crippen LogP contribution in [0, 0.1) is 17.7 Å². The van der Waals surface area contributed by atoms with Gasteiger partial charge in [-0.05, 0) is 37.0 Å².